The average Bonchev–Trinajstić information content (AvgIpc) is 2.29. The van der Waals surface area contributed by atoms with Crippen LogP contribution in [0.15, 0.2) is 24.3 Å². The Labute approximate surface area is 99.2 Å². The van der Waals surface area contributed by atoms with E-state index in [1.807, 2.05) is 0 Å². The smallest absolute Gasteiger partial charge is 0.407 e. The van der Waals surface area contributed by atoms with E-state index in [2.05, 4.69) is 5.32 Å². The lowest BCUT2D eigenvalue weighted by Crippen LogP contribution is -2.25. The molecule has 0 unspecified atom stereocenters. The number of alkyl carbamates (subject to hydrolysis) is 1. The van der Waals surface area contributed by atoms with Crippen molar-refractivity contribution in [2.75, 3.05) is 13.2 Å². The summed E-state index contributed by atoms with van der Waals surface area (Å²) < 4.78 is 4.94. The second kappa shape index (κ2) is 7.09. The number of hydrogen-bond acceptors (Lipinski definition) is 3. The van der Waals surface area contributed by atoms with Crippen molar-refractivity contribution in [3.63, 3.8) is 0 Å². The third-order valence-electron chi connectivity index (χ3n) is 1.89. The van der Waals surface area contributed by atoms with Crippen molar-refractivity contribution in [3.05, 3.63) is 34.9 Å². The summed E-state index contributed by atoms with van der Waals surface area (Å²) >= 11 is 5.72. The zero-order valence-corrected chi connectivity index (χ0v) is 9.54. The van der Waals surface area contributed by atoms with Gasteiger partial charge in [-0.2, -0.15) is 0 Å². The molecule has 1 rings (SSSR count). The van der Waals surface area contributed by atoms with E-state index in [9.17, 15) is 4.79 Å². The highest BCUT2D eigenvalue weighted by molar-refractivity contribution is 6.30. The van der Waals surface area contributed by atoms with Crippen LogP contribution in [0.1, 0.15) is 12.0 Å². The van der Waals surface area contributed by atoms with Crippen molar-refractivity contribution >= 4 is 17.7 Å². The lowest BCUT2D eigenvalue weighted by molar-refractivity contribution is 0.139. The highest BCUT2D eigenvalue weighted by Gasteiger charge is 2.01. The molecule has 0 bridgehead atoms. The van der Waals surface area contributed by atoms with Crippen LogP contribution in [0.5, 0.6) is 0 Å². The summed E-state index contributed by atoms with van der Waals surface area (Å²) in [5, 5.41) is 11.7. The van der Waals surface area contributed by atoms with E-state index >= 15 is 0 Å². The van der Waals surface area contributed by atoms with Gasteiger partial charge in [0.25, 0.3) is 0 Å². The van der Waals surface area contributed by atoms with Gasteiger partial charge in [0.1, 0.15) is 6.61 Å². The van der Waals surface area contributed by atoms with Crippen LogP contribution in [-0.4, -0.2) is 24.4 Å². The second-order valence-electron chi connectivity index (χ2n) is 3.21. The molecule has 1 aromatic carbocycles. The summed E-state index contributed by atoms with van der Waals surface area (Å²) in [6, 6.07) is 7.07. The first-order valence-corrected chi connectivity index (χ1v) is 5.36. The highest BCUT2D eigenvalue weighted by Crippen LogP contribution is 2.10. The molecule has 0 saturated heterocycles. The molecule has 16 heavy (non-hydrogen) atoms. The molecule has 0 atom stereocenters. The number of nitrogens with one attached hydrogen (secondary N) is 1. The Hall–Kier alpha value is -1.26. The molecule has 5 heteroatoms. The molecule has 1 amide bonds. The van der Waals surface area contributed by atoms with E-state index in [1.54, 1.807) is 24.3 Å². The molecule has 0 heterocycles. The van der Waals surface area contributed by atoms with Gasteiger partial charge in [-0.25, -0.2) is 4.79 Å². The van der Waals surface area contributed by atoms with Crippen molar-refractivity contribution in [3.8, 4) is 0 Å². The van der Waals surface area contributed by atoms with Gasteiger partial charge in [0.2, 0.25) is 0 Å². The van der Waals surface area contributed by atoms with E-state index in [4.69, 9.17) is 21.4 Å². The molecule has 0 aromatic heterocycles. The van der Waals surface area contributed by atoms with Gasteiger partial charge in [-0.3, -0.25) is 0 Å². The van der Waals surface area contributed by atoms with Crippen LogP contribution in [-0.2, 0) is 11.3 Å². The average molecular weight is 244 g/mol. The van der Waals surface area contributed by atoms with Crippen molar-refractivity contribution < 1.29 is 14.6 Å². The van der Waals surface area contributed by atoms with Gasteiger partial charge >= 0.3 is 6.09 Å². The fourth-order valence-corrected chi connectivity index (χ4v) is 1.18. The first kappa shape index (κ1) is 12.8. The van der Waals surface area contributed by atoms with Gasteiger partial charge in [0.15, 0.2) is 0 Å². The minimum absolute atomic E-state index is 0.0530. The number of benzene rings is 1. The largest absolute Gasteiger partial charge is 0.445 e. The molecule has 88 valence electrons. The standard InChI is InChI=1S/C11H14ClNO3/c12-10-4-2-9(3-5-10)8-16-11(15)13-6-1-7-14/h2-5,14H,1,6-8H2,(H,13,15). The molecular formula is C11H14ClNO3. The molecule has 0 saturated carbocycles. The SMILES string of the molecule is O=C(NCCCO)OCc1ccc(Cl)cc1. The number of rotatable bonds is 5. The molecule has 0 aliphatic heterocycles. The van der Waals surface area contributed by atoms with Crippen LogP contribution >= 0.6 is 11.6 Å². The van der Waals surface area contributed by atoms with Gasteiger partial charge < -0.3 is 15.2 Å². The zero-order valence-electron chi connectivity index (χ0n) is 8.78. The van der Waals surface area contributed by atoms with Gasteiger partial charge in [0.05, 0.1) is 0 Å². The number of carbonyl (C=O) groups excluding carboxylic acids is 1. The molecule has 0 fully saturated rings. The van der Waals surface area contributed by atoms with Crippen LogP contribution in [0.4, 0.5) is 4.79 Å². The highest BCUT2D eigenvalue weighted by atomic mass is 35.5. The third kappa shape index (κ3) is 5.00. The Kier molecular flexibility index (Phi) is 5.67. The molecule has 0 aliphatic carbocycles. The molecule has 0 spiro atoms. The number of amides is 1. The van der Waals surface area contributed by atoms with Crippen molar-refractivity contribution in [1.82, 2.24) is 5.32 Å². The number of aliphatic hydroxyl groups excluding tert-OH is 1. The van der Waals surface area contributed by atoms with Crippen LogP contribution < -0.4 is 5.32 Å². The lowest BCUT2D eigenvalue weighted by atomic mass is 10.2. The first-order chi connectivity index (χ1) is 7.72. The maximum absolute atomic E-state index is 11.1. The number of hydrogen-bond donors (Lipinski definition) is 2. The van der Waals surface area contributed by atoms with Gasteiger partial charge in [0, 0.05) is 18.2 Å². The summed E-state index contributed by atoms with van der Waals surface area (Å²) in [5.41, 5.74) is 0.877. The molecule has 2 N–H and O–H groups in total. The fraction of sp³-hybridized carbons (Fsp3) is 0.364. The summed E-state index contributed by atoms with van der Waals surface area (Å²) in [4.78, 5) is 11.1. The number of halogens is 1. The van der Waals surface area contributed by atoms with Crippen molar-refractivity contribution in [2.24, 2.45) is 0 Å². The summed E-state index contributed by atoms with van der Waals surface area (Å²) in [5.74, 6) is 0. The Morgan fingerprint density at radius 2 is 2.06 bits per heavy atom. The fourth-order valence-electron chi connectivity index (χ4n) is 1.05. The molecule has 0 aliphatic rings. The van der Waals surface area contributed by atoms with Gasteiger partial charge in [-0.15, -0.1) is 0 Å². The van der Waals surface area contributed by atoms with Gasteiger partial charge in [-0.1, -0.05) is 23.7 Å². The first-order valence-electron chi connectivity index (χ1n) is 4.98. The van der Waals surface area contributed by atoms with E-state index in [0.717, 1.165) is 5.56 Å². The summed E-state index contributed by atoms with van der Waals surface area (Å²) in [6.45, 7) is 0.676. The number of carbonyl (C=O) groups is 1. The van der Waals surface area contributed by atoms with Gasteiger partial charge in [-0.05, 0) is 24.1 Å². The molecular weight excluding hydrogens is 230 g/mol. The topological polar surface area (TPSA) is 58.6 Å². The van der Waals surface area contributed by atoms with Crippen LogP contribution in [0.2, 0.25) is 5.02 Å². The Morgan fingerprint density at radius 3 is 2.69 bits per heavy atom. The summed E-state index contributed by atoms with van der Waals surface area (Å²) in [7, 11) is 0. The molecule has 4 nitrogen and oxygen atoms in total. The van der Waals surface area contributed by atoms with Crippen LogP contribution in [0.3, 0.4) is 0 Å². The maximum Gasteiger partial charge on any atom is 0.407 e. The van der Waals surface area contributed by atoms with Crippen LogP contribution in [0.25, 0.3) is 0 Å². The Morgan fingerprint density at radius 1 is 1.38 bits per heavy atom. The van der Waals surface area contributed by atoms with Crippen molar-refractivity contribution in [1.29, 1.82) is 0 Å². The molecule has 1 aromatic rings. The van der Waals surface area contributed by atoms with Crippen LogP contribution in [0, 0.1) is 0 Å². The lowest BCUT2D eigenvalue weighted by Gasteiger charge is -2.06. The van der Waals surface area contributed by atoms with E-state index in [0.29, 0.717) is 18.0 Å². The third-order valence-corrected chi connectivity index (χ3v) is 2.14. The Bertz CT molecular complexity index is 327. The predicted molar refractivity (Wildman–Crippen MR) is 61.3 cm³/mol. The quantitative estimate of drug-likeness (QED) is 0.777. The monoisotopic (exact) mass is 243 g/mol. The van der Waals surface area contributed by atoms with E-state index in [-0.39, 0.29) is 13.2 Å². The van der Waals surface area contributed by atoms with E-state index in [1.165, 1.54) is 0 Å². The number of aliphatic hydroxyl groups is 1. The second-order valence-corrected chi connectivity index (χ2v) is 3.64. The normalized spacial score (nSPS) is 9.88. The molecule has 0 radical (unpaired) electrons. The van der Waals surface area contributed by atoms with Crippen molar-refractivity contribution in [2.45, 2.75) is 13.0 Å². The summed E-state index contributed by atoms with van der Waals surface area (Å²) in [6.07, 6.45) is 0.0409. The Balaban J connectivity index is 2.23. The zero-order chi connectivity index (χ0) is 11.8. The minimum atomic E-state index is -0.483. The van der Waals surface area contributed by atoms with E-state index < -0.39 is 6.09 Å². The predicted octanol–water partition coefficient (Wildman–Crippen LogP) is 1.95. The maximum atomic E-state index is 11.1. The minimum Gasteiger partial charge on any atom is -0.445 e. The number of ether oxygens (including phenoxy) is 1.